The number of aryl methyl sites for hydroxylation is 1. The van der Waals surface area contributed by atoms with Gasteiger partial charge in [-0.3, -0.25) is 4.79 Å². The summed E-state index contributed by atoms with van der Waals surface area (Å²) in [6, 6.07) is 2.62. The summed E-state index contributed by atoms with van der Waals surface area (Å²) < 4.78 is 0. The topological polar surface area (TPSA) is 32.3 Å². The molecule has 5 heteroatoms. The maximum absolute atomic E-state index is 13.0. The van der Waals surface area contributed by atoms with Gasteiger partial charge in [0.2, 0.25) is 0 Å². The number of piperidine rings is 1. The molecule has 1 N–H and O–H groups in total. The Kier molecular flexibility index (Phi) is 6.93. The average molecular weight is 357 g/mol. The van der Waals surface area contributed by atoms with E-state index in [0.717, 1.165) is 62.5 Å². The van der Waals surface area contributed by atoms with Crippen LogP contribution in [0.3, 0.4) is 0 Å². The second-order valence-corrected chi connectivity index (χ2v) is 8.02. The Labute approximate surface area is 150 Å². The van der Waals surface area contributed by atoms with Crippen LogP contribution in [0.2, 0.25) is 0 Å². The molecule has 2 heterocycles. The van der Waals surface area contributed by atoms with Gasteiger partial charge < -0.3 is 10.2 Å². The maximum atomic E-state index is 13.0. The van der Waals surface area contributed by atoms with E-state index in [1.807, 2.05) is 0 Å². The third-order valence-electron chi connectivity index (χ3n) is 5.01. The Morgan fingerprint density at radius 3 is 2.78 bits per heavy atom. The van der Waals surface area contributed by atoms with Crippen molar-refractivity contribution in [3.8, 4) is 0 Å². The van der Waals surface area contributed by atoms with Crippen LogP contribution in [0.1, 0.15) is 59.6 Å². The number of carbonyl (C=O) groups is 1. The zero-order chi connectivity index (χ0) is 15.5. The molecule has 1 aliphatic heterocycles. The van der Waals surface area contributed by atoms with Crippen LogP contribution in [-0.4, -0.2) is 36.5 Å². The molecule has 130 valence electrons. The molecule has 3 rings (SSSR count). The lowest BCUT2D eigenvalue weighted by molar-refractivity contribution is 0.0647. The second-order valence-electron chi connectivity index (χ2n) is 6.89. The predicted molar refractivity (Wildman–Crippen MR) is 100.0 cm³/mol. The normalized spacial score (nSPS) is 21.4. The standard InChI is InChI=1S/C18H28N2OS.ClH/c1-3-10-20(15-6-8-19-9-7-15)18(21)17-12-14-11-13(2)4-5-16(14)22-17;/h12-13,15,19H,3-11H2,1-2H3;1H. The molecule has 1 amide bonds. The van der Waals surface area contributed by atoms with Crippen LogP contribution in [0.15, 0.2) is 6.07 Å². The largest absolute Gasteiger partial charge is 0.335 e. The molecular weight excluding hydrogens is 328 g/mol. The van der Waals surface area contributed by atoms with Gasteiger partial charge in [-0.25, -0.2) is 0 Å². The fraction of sp³-hybridized carbons (Fsp3) is 0.722. The molecule has 2 aliphatic rings. The number of halogens is 1. The number of fused-ring (bicyclic) bond motifs is 1. The van der Waals surface area contributed by atoms with Crippen molar-refractivity contribution in [2.75, 3.05) is 19.6 Å². The minimum atomic E-state index is 0. The highest BCUT2D eigenvalue weighted by Crippen LogP contribution is 2.33. The number of carbonyl (C=O) groups excluding carboxylic acids is 1. The van der Waals surface area contributed by atoms with Crippen LogP contribution < -0.4 is 5.32 Å². The highest BCUT2D eigenvalue weighted by atomic mass is 35.5. The number of thiophene rings is 1. The summed E-state index contributed by atoms with van der Waals surface area (Å²) in [6.45, 7) is 7.46. The average Bonchev–Trinajstić information content (AvgIpc) is 2.96. The molecule has 1 aromatic heterocycles. The molecule has 1 aliphatic carbocycles. The highest BCUT2D eigenvalue weighted by molar-refractivity contribution is 7.14. The number of rotatable bonds is 4. The Morgan fingerprint density at radius 2 is 2.09 bits per heavy atom. The zero-order valence-electron chi connectivity index (χ0n) is 14.3. The summed E-state index contributed by atoms with van der Waals surface area (Å²) in [4.78, 5) is 17.6. The first-order valence-corrected chi connectivity index (χ1v) is 9.64. The van der Waals surface area contributed by atoms with Gasteiger partial charge in [0.05, 0.1) is 4.88 Å². The van der Waals surface area contributed by atoms with E-state index in [0.29, 0.717) is 6.04 Å². The van der Waals surface area contributed by atoms with E-state index in [-0.39, 0.29) is 18.3 Å². The van der Waals surface area contributed by atoms with Crippen LogP contribution in [0.4, 0.5) is 0 Å². The number of nitrogens with zero attached hydrogens (tertiary/aromatic N) is 1. The predicted octanol–water partition coefficient (Wildman–Crippen LogP) is 3.90. The molecule has 1 unspecified atom stereocenters. The van der Waals surface area contributed by atoms with Crippen LogP contribution >= 0.6 is 23.7 Å². The molecule has 1 aromatic rings. The van der Waals surface area contributed by atoms with Crippen molar-refractivity contribution in [1.29, 1.82) is 0 Å². The van der Waals surface area contributed by atoms with Gasteiger partial charge in [0.25, 0.3) is 5.91 Å². The Balaban J connectivity index is 0.00000192. The number of nitrogens with one attached hydrogen (secondary N) is 1. The van der Waals surface area contributed by atoms with Crippen LogP contribution in [0.5, 0.6) is 0 Å². The molecule has 0 bridgehead atoms. The first kappa shape index (κ1) is 18.8. The van der Waals surface area contributed by atoms with Gasteiger partial charge in [-0.15, -0.1) is 23.7 Å². The minimum absolute atomic E-state index is 0. The zero-order valence-corrected chi connectivity index (χ0v) is 15.9. The third-order valence-corrected chi connectivity index (χ3v) is 6.24. The van der Waals surface area contributed by atoms with Gasteiger partial charge in [0.1, 0.15) is 0 Å². The fourth-order valence-corrected chi connectivity index (χ4v) is 4.93. The van der Waals surface area contributed by atoms with Gasteiger partial charge in [0.15, 0.2) is 0 Å². The number of hydrogen-bond acceptors (Lipinski definition) is 3. The molecule has 0 radical (unpaired) electrons. The quantitative estimate of drug-likeness (QED) is 0.887. The fourth-order valence-electron chi connectivity index (χ4n) is 3.76. The van der Waals surface area contributed by atoms with Crippen molar-refractivity contribution in [3.05, 3.63) is 21.4 Å². The van der Waals surface area contributed by atoms with Crippen LogP contribution in [0.25, 0.3) is 0 Å². The number of amides is 1. The van der Waals surface area contributed by atoms with Crippen molar-refractivity contribution in [2.24, 2.45) is 5.92 Å². The summed E-state index contributed by atoms with van der Waals surface area (Å²) in [5.74, 6) is 1.04. The van der Waals surface area contributed by atoms with Crippen molar-refractivity contribution in [3.63, 3.8) is 0 Å². The molecule has 23 heavy (non-hydrogen) atoms. The molecule has 0 saturated carbocycles. The van der Waals surface area contributed by atoms with E-state index in [1.54, 1.807) is 11.3 Å². The minimum Gasteiger partial charge on any atom is -0.335 e. The van der Waals surface area contributed by atoms with Gasteiger partial charge >= 0.3 is 0 Å². The summed E-state index contributed by atoms with van der Waals surface area (Å²) in [7, 11) is 0. The molecular formula is C18H29ClN2OS. The van der Waals surface area contributed by atoms with Gasteiger partial charge in [0, 0.05) is 17.5 Å². The van der Waals surface area contributed by atoms with Gasteiger partial charge in [-0.05, 0) is 69.2 Å². The number of hydrogen-bond donors (Lipinski definition) is 1. The molecule has 1 fully saturated rings. The monoisotopic (exact) mass is 356 g/mol. The summed E-state index contributed by atoms with van der Waals surface area (Å²) >= 11 is 1.76. The van der Waals surface area contributed by atoms with Crippen molar-refractivity contribution < 1.29 is 4.79 Å². The van der Waals surface area contributed by atoms with Crippen LogP contribution in [-0.2, 0) is 12.8 Å². The first-order valence-electron chi connectivity index (χ1n) is 8.82. The maximum Gasteiger partial charge on any atom is 0.264 e. The van der Waals surface area contributed by atoms with E-state index in [9.17, 15) is 4.79 Å². The lowest BCUT2D eigenvalue weighted by atomic mass is 9.90. The molecule has 1 saturated heterocycles. The van der Waals surface area contributed by atoms with Crippen molar-refractivity contribution >= 4 is 29.7 Å². The van der Waals surface area contributed by atoms with E-state index in [2.05, 4.69) is 30.1 Å². The lowest BCUT2D eigenvalue weighted by Crippen LogP contribution is -2.46. The second kappa shape index (κ2) is 8.50. The molecule has 0 spiro atoms. The van der Waals surface area contributed by atoms with E-state index in [1.165, 1.54) is 16.9 Å². The first-order chi connectivity index (χ1) is 10.7. The van der Waals surface area contributed by atoms with Crippen LogP contribution in [0, 0.1) is 5.92 Å². The summed E-state index contributed by atoms with van der Waals surface area (Å²) in [5, 5.41) is 3.40. The Hall–Kier alpha value is -0.580. The molecule has 1 atom stereocenters. The van der Waals surface area contributed by atoms with Gasteiger partial charge in [-0.2, -0.15) is 0 Å². The molecule has 3 nitrogen and oxygen atoms in total. The summed E-state index contributed by atoms with van der Waals surface area (Å²) in [5.41, 5.74) is 1.44. The smallest absolute Gasteiger partial charge is 0.264 e. The molecule has 0 aromatic carbocycles. The Bertz CT molecular complexity index is 525. The van der Waals surface area contributed by atoms with E-state index >= 15 is 0 Å². The van der Waals surface area contributed by atoms with Crippen molar-refractivity contribution in [1.82, 2.24) is 10.2 Å². The van der Waals surface area contributed by atoms with E-state index in [4.69, 9.17) is 0 Å². The summed E-state index contributed by atoms with van der Waals surface area (Å²) in [6.07, 6.45) is 6.81. The van der Waals surface area contributed by atoms with E-state index < -0.39 is 0 Å². The SMILES string of the molecule is CCCN(C(=O)c1cc2c(s1)CCC(C)C2)C1CCNCC1.Cl. The Morgan fingerprint density at radius 1 is 1.35 bits per heavy atom. The third kappa shape index (κ3) is 4.28. The lowest BCUT2D eigenvalue weighted by Gasteiger charge is -2.34. The highest BCUT2D eigenvalue weighted by Gasteiger charge is 2.28. The van der Waals surface area contributed by atoms with Crippen molar-refractivity contribution in [2.45, 2.75) is 58.4 Å². The van der Waals surface area contributed by atoms with Gasteiger partial charge in [-0.1, -0.05) is 13.8 Å².